The molecule has 0 spiro atoms. The number of anilines is 1. The minimum Gasteiger partial charge on any atom is -0.378 e. The van der Waals surface area contributed by atoms with E-state index in [0.717, 1.165) is 11.4 Å². The normalized spacial score (nSPS) is 12.3. The Morgan fingerprint density at radius 3 is 2.82 bits per heavy atom. The lowest BCUT2D eigenvalue weighted by molar-refractivity contribution is 0.629. The average Bonchev–Trinajstić information content (AvgIpc) is 3.08. The van der Waals surface area contributed by atoms with Crippen molar-refractivity contribution < 1.29 is 4.39 Å². The van der Waals surface area contributed by atoms with E-state index in [1.165, 1.54) is 12.1 Å². The Morgan fingerprint density at radius 1 is 1.25 bits per heavy atom. The molecule has 4 aromatic rings. The molecule has 1 atom stereocenters. The quantitative estimate of drug-likeness (QED) is 0.546. The summed E-state index contributed by atoms with van der Waals surface area (Å²) < 4.78 is 15.3. The molecule has 2 aromatic carbocycles. The lowest BCUT2D eigenvalue weighted by atomic mass is 10.1. The number of nitrogens with zero attached hydrogens (tertiary/aromatic N) is 4. The molecule has 142 valence electrons. The molecule has 0 bridgehead atoms. The zero-order chi connectivity index (χ0) is 19.8. The average molecular weight is 399 g/mol. The van der Waals surface area contributed by atoms with Gasteiger partial charge in [-0.3, -0.25) is 4.79 Å². The Hall–Kier alpha value is -3.26. The summed E-state index contributed by atoms with van der Waals surface area (Å²) in [6, 6.07) is 11.3. The van der Waals surface area contributed by atoms with E-state index in [0.29, 0.717) is 22.3 Å². The van der Waals surface area contributed by atoms with Crippen molar-refractivity contribution in [1.29, 1.82) is 0 Å². The fraction of sp³-hybridized carbons (Fsp3) is 0.158. The monoisotopic (exact) mass is 398 g/mol. The van der Waals surface area contributed by atoms with Crippen LogP contribution in [0.25, 0.3) is 16.6 Å². The number of aromatic nitrogens is 5. The molecule has 2 aromatic heterocycles. The van der Waals surface area contributed by atoms with Gasteiger partial charge in [0, 0.05) is 16.6 Å². The van der Waals surface area contributed by atoms with E-state index < -0.39 is 5.82 Å². The van der Waals surface area contributed by atoms with Crippen LogP contribution in [0, 0.1) is 12.7 Å². The summed E-state index contributed by atoms with van der Waals surface area (Å²) in [4.78, 5) is 15.3. The van der Waals surface area contributed by atoms with E-state index in [2.05, 4.69) is 25.8 Å². The molecule has 2 heterocycles. The first-order chi connectivity index (χ1) is 13.4. The number of aromatic amines is 1. The minimum atomic E-state index is -0.458. The standard InChI is InChI=1S/C19H16ClFN6O/c1-10(16-7-12-6-13(21)8-17(20)18(12)23-19(16)28)22-14-4-3-5-15(9-14)27-11(2)24-25-26-27/h3-10,22H,1-2H3,(H,23,28)/t10-/m0/s1. The minimum absolute atomic E-state index is 0.170. The Morgan fingerprint density at radius 2 is 2.07 bits per heavy atom. The van der Waals surface area contributed by atoms with E-state index in [9.17, 15) is 9.18 Å². The Bertz CT molecular complexity index is 1230. The van der Waals surface area contributed by atoms with Crippen LogP contribution in [0.1, 0.15) is 24.4 Å². The molecule has 0 unspecified atom stereocenters. The Balaban J connectivity index is 1.67. The number of H-pyrrole nitrogens is 1. The van der Waals surface area contributed by atoms with Crippen LogP contribution in [-0.4, -0.2) is 25.2 Å². The summed E-state index contributed by atoms with van der Waals surface area (Å²) in [6.07, 6.45) is 0. The molecule has 0 saturated heterocycles. The first kappa shape index (κ1) is 18.1. The molecule has 0 saturated carbocycles. The van der Waals surface area contributed by atoms with E-state index in [-0.39, 0.29) is 16.6 Å². The van der Waals surface area contributed by atoms with Crippen LogP contribution in [0.3, 0.4) is 0 Å². The number of rotatable bonds is 4. The highest BCUT2D eigenvalue weighted by molar-refractivity contribution is 6.35. The van der Waals surface area contributed by atoms with Crippen LogP contribution in [0.4, 0.5) is 10.1 Å². The Labute approximate surface area is 164 Å². The van der Waals surface area contributed by atoms with Crippen molar-refractivity contribution >= 4 is 28.2 Å². The van der Waals surface area contributed by atoms with Crippen LogP contribution in [0.5, 0.6) is 0 Å². The summed E-state index contributed by atoms with van der Waals surface area (Å²) in [5, 5.41) is 15.5. The number of hydrogen-bond donors (Lipinski definition) is 2. The third-order valence-corrected chi connectivity index (χ3v) is 4.76. The first-order valence-electron chi connectivity index (χ1n) is 8.56. The molecular weight excluding hydrogens is 383 g/mol. The van der Waals surface area contributed by atoms with Gasteiger partial charge in [0.25, 0.3) is 5.56 Å². The zero-order valence-corrected chi connectivity index (χ0v) is 15.8. The fourth-order valence-corrected chi connectivity index (χ4v) is 3.37. The number of benzene rings is 2. The van der Waals surface area contributed by atoms with Crippen molar-refractivity contribution in [2.45, 2.75) is 19.9 Å². The lowest BCUT2D eigenvalue weighted by Gasteiger charge is -2.16. The molecule has 0 aliphatic carbocycles. The highest BCUT2D eigenvalue weighted by Crippen LogP contribution is 2.25. The number of nitrogens with one attached hydrogen (secondary N) is 2. The largest absolute Gasteiger partial charge is 0.378 e. The maximum Gasteiger partial charge on any atom is 0.253 e. The topological polar surface area (TPSA) is 88.5 Å². The number of tetrazole rings is 1. The van der Waals surface area contributed by atoms with Crippen LogP contribution >= 0.6 is 11.6 Å². The van der Waals surface area contributed by atoms with Crippen LogP contribution in [0.2, 0.25) is 5.02 Å². The van der Waals surface area contributed by atoms with Crippen molar-refractivity contribution in [2.75, 3.05) is 5.32 Å². The van der Waals surface area contributed by atoms with Gasteiger partial charge in [-0.15, -0.1) is 5.10 Å². The third-order valence-electron chi connectivity index (χ3n) is 4.46. The molecule has 9 heteroatoms. The van der Waals surface area contributed by atoms with E-state index in [1.807, 2.05) is 38.1 Å². The van der Waals surface area contributed by atoms with Gasteiger partial charge < -0.3 is 10.3 Å². The van der Waals surface area contributed by atoms with Gasteiger partial charge in [0.15, 0.2) is 5.82 Å². The van der Waals surface area contributed by atoms with Crippen molar-refractivity contribution in [1.82, 2.24) is 25.2 Å². The predicted molar refractivity (Wildman–Crippen MR) is 105 cm³/mol. The molecule has 0 amide bonds. The van der Waals surface area contributed by atoms with Crippen LogP contribution in [-0.2, 0) is 0 Å². The second-order valence-corrected chi connectivity index (χ2v) is 6.87. The SMILES string of the molecule is Cc1nnnn1-c1cccc(N[C@@H](C)c2cc3cc(F)cc(Cl)c3[nH]c2=O)c1. The molecule has 0 aliphatic heterocycles. The summed E-state index contributed by atoms with van der Waals surface area (Å²) in [7, 11) is 0. The van der Waals surface area contributed by atoms with Gasteiger partial charge in [-0.2, -0.15) is 4.68 Å². The predicted octanol–water partition coefficient (Wildman–Crippen LogP) is 3.78. The molecular formula is C19H16ClFN6O. The smallest absolute Gasteiger partial charge is 0.253 e. The third kappa shape index (κ3) is 3.34. The van der Waals surface area contributed by atoms with Crippen molar-refractivity contribution in [2.24, 2.45) is 0 Å². The van der Waals surface area contributed by atoms with Gasteiger partial charge >= 0.3 is 0 Å². The van der Waals surface area contributed by atoms with Crippen molar-refractivity contribution in [3.8, 4) is 5.69 Å². The Kier molecular flexibility index (Phi) is 4.56. The van der Waals surface area contributed by atoms with Gasteiger partial charge in [-0.25, -0.2) is 4.39 Å². The van der Waals surface area contributed by atoms with E-state index in [1.54, 1.807) is 10.7 Å². The first-order valence-corrected chi connectivity index (χ1v) is 8.94. The second-order valence-electron chi connectivity index (χ2n) is 6.46. The van der Waals surface area contributed by atoms with Gasteiger partial charge in [0.05, 0.1) is 22.3 Å². The maximum atomic E-state index is 13.7. The summed E-state index contributed by atoms with van der Waals surface area (Å²) in [6.45, 7) is 3.66. The molecule has 0 radical (unpaired) electrons. The maximum absolute atomic E-state index is 13.7. The molecule has 2 N–H and O–H groups in total. The van der Waals surface area contributed by atoms with Gasteiger partial charge in [-0.1, -0.05) is 17.7 Å². The fourth-order valence-electron chi connectivity index (χ4n) is 3.11. The summed E-state index contributed by atoms with van der Waals surface area (Å²) in [5.74, 6) is 0.204. The molecule has 0 aliphatic rings. The van der Waals surface area contributed by atoms with Crippen LogP contribution < -0.4 is 10.9 Å². The summed E-state index contributed by atoms with van der Waals surface area (Å²) in [5.41, 5.74) is 2.18. The molecule has 0 fully saturated rings. The molecule has 28 heavy (non-hydrogen) atoms. The van der Waals surface area contributed by atoms with E-state index >= 15 is 0 Å². The number of fused-ring (bicyclic) bond motifs is 1. The van der Waals surface area contributed by atoms with Crippen molar-refractivity contribution in [3.63, 3.8) is 0 Å². The number of aryl methyl sites for hydroxylation is 1. The highest BCUT2D eigenvalue weighted by atomic mass is 35.5. The van der Waals surface area contributed by atoms with Gasteiger partial charge in [0.2, 0.25) is 0 Å². The number of pyridine rings is 1. The lowest BCUT2D eigenvalue weighted by Crippen LogP contribution is -2.19. The second kappa shape index (κ2) is 7.05. The molecule has 4 rings (SSSR count). The summed E-state index contributed by atoms with van der Waals surface area (Å²) >= 11 is 6.03. The van der Waals surface area contributed by atoms with Gasteiger partial charge in [-0.05, 0) is 60.7 Å². The van der Waals surface area contributed by atoms with Crippen molar-refractivity contribution in [3.05, 3.63) is 75.0 Å². The van der Waals surface area contributed by atoms with Gasteiger partial charge in [0.1, 0.15) is 5.82 Å². The van der Waals surface area contributed by atoms with E-state index in [4.69, 9.17) is 11.6 Å². The highest BCUT2D eigenvalue weighted by Gasteiger charge is 2.14. The number of halogens is 2. The molecule has 7 nitrogen and oxygen atoms in total. The number of hydrogen-bond acceptors (Lipinski definition) is 5. The van der Waals surface area contributed by atoms with Crippen LogP contribution in [0.15, 0.2) is 47.3 Å². The zero-order valence-electron chi connectivity index (χ0n) is 15.1.